The average molecular weight is 293 g/mol. The zero-order chi connectivity index (χ0) is 14.0. The van der Waals surface area contributed by atoms with Crippen molar-refractivity contribution >= 4 is 11.6 Å². The van der Waals surface area contributed by atoms with E-state index in [-0.39, 0.29) is 0 Å². The number of alkyl halides is 1. The van der Waals surface area contributed by atoms with Gasteiger partial charge >= 0.3 is 0 Å². The number of hydrogen-bond donors (Lipinski definition) is 0. The highest BCUT2D eigenvalue weighted by molar-refractivity contribution is 6.17. The van der Waals surface area contributed by atoms with Crippen LogP contribution in [-0.4, -0.2) is 0 Å². The molecule has 112 valence electrons. The highest BCUT2D eigenvalue weighted by Gasteiger charge is 2.10. The average Bonchev–Trinajstić information content (AvgIpc) is 2.54. The summed E-state index contributed by atoms with van der Waals surface area (Å²) in [5.74, 6) is 1.53. The molecule has 1 aromatic rings. The molecule has 1 heteroatoms. The van der Waals surface area contributed by atoms with Crippen molar-refractivity contribution in [3.63, 3.8) is 0 Å². The van der Waals surface area contributed by atoms with E-state index >= 15 is 0 Å². The molecule has 1 aliphatic carbocycles. The van der Waals surface area contributed by atoms with Gasteiger partial charge in [-0.05, 0) is 23.5 Å². The maximum atomic E-state index is 5.86. The van der Waals surface area contributed by atoms with Gasteiger partial charge in [0.25, 0.3) is 0 Å². The fraction of sp³-hybridized carbons (Fsp3) is 0.684. The van der Waals surface area contributed by atoms with Crippen molar-refractivity contribution in [2.45, 2.75) is 76.5 Å². The van der Waals surface area contributed by atoms with Crippen LogP contribution in [0.4, 0.5) is 0 Å². The van der Waals surface area contributed by atoms with Gasteiger partial charge in [0.05, 0.1) is 0 Å². The molecule has 1 aliphatic rings. The summed E-state index contributed by atoms with van der Waals surface area (Å²) >= 11 is 5.86. The third-order valence-corrected chi connectivity index (χ3v) is 4.99. The molecule has 0 amide bonds. The van der Waals surface area contributed by atoms with E-state index in [9.17, 15) is 0 Å². The molecule has 1 saturated carbocycles. The second kappa shape index (κ2) is 9.45. The van der Waals surface area contributed by atoms with Crippen molar-refractivity contribution in [3.8, 4) is 0 Å². The summed E-state index contributed by atoms with van der Waals surface area (Å²) in [6.45, 7) is 0. The van der Waals surface area contributed by atoms with Crippen molar-refractivity contribution in [2.24, 2.45) is 5.92 Å². The van der Waals surface area contributed by atoms with Crippen LogP contribution in [0.1, 0.15) is 75.3 Å². The summed E-state index contributed by atoms with van der Waals surface area (Å²) in [4.78, 5) is 0. The molecule has 0 spiro atoms. The smallest absolute Gasteiger partial charge is 0.0474 e. The van der Waals surface area contributed by atoms with Crippen LogP contribution >= 0.6 is 11.6 Å². The molecular formula is C19H29Cl. The van der Waals surface area contributed by atoms with Gasteiger partial charge in [0.1, 0.15) is 0 Å². The van der Waals surface area contributed by atoms with Crippen LogP contribution in [-0.2, 0) is 12.3 Å². The number of benzene rings is 1. The van der Waals surface area contributed by atoms with E-state index in [1.54, 1.807) is 0 Å². The van der Waals surface area contributed by atoms with Gasteiger partial charge in [-0.15, -0.1) is 11.6 Å². The number of rotatable bonds is 3. The Balaban J connectivity index is 1.86. The molecule has 0 aromatic heterocycles. The van der Waals surface area contributed by atoms with E-state index in [4.69, 9.17) is 11.6 Å². The monoisotopic (exact) mass is 292 g/mol. The summed E-state index contributed by atoms with van der Waals surface area (Å²) in [5, 5.41) is 0. The van der Waals surface area contributed by atoms with Gasteiger partial charge in [0.15, 0.2) is 0 Å². The van der Waals surface area contributed by atoms with E-state index in [2.05, 4.69) is 24.3 Å². The van der Waals surface area contributed by atoms with Crippen LogP contribution < -0.4 is 0 Å². The van der Waals surface area contributed by atoms with E-state index in [0.29, 0.717) is 5.88 Å². The van der Waals surface area contributed by atoms with Crippen LogP contribution in [0.15, 0.2) is 24.3 Å². The van der Waals surface area contributed by atoms with E-state index < -0.39 is 0 Å². The molecule has 2 rings (SSSR count). The molecule has 0 saturated heterocycles. The summed E-state index contributed by atoms with van der Waals surface area (Å²) in [7, 11) is 0. The van der Waals surface area contributed by atoms with Gasteiger partial charge in [-0.25, -0.2) is 0 Å². The van der Waals surface area contributed by atoms with Gasteiger partial charge in [-0.3, -0.25) is 0 Å². The number of hydrogen-bond acceptors (Lipinski definition) is 0. The van der Waals surface area contributed by atoms with Crippen LogP contribution in [0.3, 0.4) is 0 Å². The highest BCUT2D eigenvalue weighted by Crippen LogP contribution is 2.24. The second-order valence-corrected chi connectivity index (χ2v) is 6.69. The Labute approximate surface area is 129 Å². The fourth-order valence-corrected chi connectivity index (χ4v) is 3.55. The zero-order valence-corrected chi connectivity index (χ0v) is 13.5. The van der Waals surface area contributed by atoms with E-state index in [1.807, 2.05) is 0 Å². The fourth-order valence-electron chi connectivity index (χ4n) is 3.37. The quantitative estimate of drug-likeness (QED) is 0.558. The van der Waals surface area contributed by atoms with Crippen molar-refractivity contribution in [3.05, 3.63) is 35.4 Å². The molecule has 0 radical (unpaired) electrons. The number of halogens is 1. The van der Waals surface area contributed by atoms with Crippen molar-refractivity contribution in [1.82, 2.24) is 0 Å². The molecule has 0 atom stereocenters. The Morgan fingerprint density at radius 1 is 0.700 bits per heavy atom. The first kappa shape index (κ1) is 15.9. The Hall–Kier alpha value is -0.490. The Kier molecular flexibility index (Phi) is 7.51. The van der Waals surface area contributed by atoms with Gasteiger partial charge in [0, 0.05) is 5.88 Å². The third kappa shape index (κ3) is 5.87. The van der Waals surface area contributed by atoms with E-state index in [1.165, 1.54) is 81.8 Å². The van der Waals surface area contributed by atoms with Crippen molar-refractivity contribution in [1.29, 1.82) is 0 Å². The molecular weight excluding hydrogens is 264 g/mol. The lowest BCUT2D eigenvalue weighted by Crippen LogP contribution is -2.05. The van der Waals surface area contributed by atoms with Crippen molar-refractivity contribution in [2.75, 3.05) is 0 Å². The zero-order valence-electron chi connectivity index (χ0n) is 12.7. The summed E-state index contributed by atoms with van der Waals surface area (Å²) in [5.41, 5.74) is 2.73. The van der Waals surface area contributed by atoms with Crippen LogP contribution in [0, 0.1) is 5.92 Å². The van der Waals surface area contributed by atoms with Crippen molar-refractivity contribution < 1.29 is 0 Å². The largest absolute Gasteiger partial charge is 0.122 e. The molecule has 0 N–H and O–H groups in total. The summed E-state index contributed by atoms with van der Waals surface area (Å²) < 4.78 is 0. The summed E-state index contributed by atoms with van der Waals surface area (Å²) in [6.07, 6.45) is 15.7. The van der Waals surface area contributed by atoms with Crippen LogP contribution in [0.25, 0.3) is 0 Å². The molecule has 1 aromatic carbocycles. The lowest BCUT2D eigenvalue weighted by molar-refractivity contribution is 0.412. The lowest BCUT2D eigenvalue weighted by atomic mass is 9.89. The summed E-state index contributed by atoms with van der Waals surface area (Å²) in [6, 6.07) is 8.94. The molecule has 0 unspecified atom stereocenters. The van der Waals surface area contributed by atoms with Gasteiger partial charge < -0.3 is 0 Å². The normalized spacial score (nSPS) is 19.4. The molecule has 0 aliphatic heterocycles. The van der Waals surface area contributed by atoms with Gasteiger partial charge in [-0.1, -0.05) is 88.5 Å². The maximum Gasteiger partial charge on any atom is 0.0474 e. The van der Waals surface area contributed by atoms with Gasteiger partial charge in [-0.2, -0.15) is 0 Å². The maximum absolute atomic E-state index is 5.86. The Morgan fingerprint density at radius 2 is 1.15 bits per heavy atom. The third-order valence-electron chi connectivity index (χ3n) is 4.68. The predicted molar refractivity (Wildman–Crippen MR) is 89.4 cm³/mol. The second-order valence-electron chi connectivity index (χ2n) is 6.43. The standard InChI is InChI=1S/C19H29Cl/c20-16-19-13-11-18(12-14-19)15-17-9-7-5-3-1-2-4-6-8-10-17/h11-14,17H,1-10,15-16H2. The Morgan fingerprint density at radius 3 is 1.65 bits per heavy atom. The molecule has 20 heavy (non-hydrogen) atoms. The lowest BCUT2D eigenvalue weighted by Gasteiger charge is -2.17. The topological polar surface area (TPSA) is 0 Å². The van der Waals surface area contributed by atoms with Gasteiger partial charge in [0.2, 0.25) is 0 Å². The SMILES string of the molecule is ClCc1ccc(CC2CCCCCCCCCC2)cc1. The molecule has 0 heterocycles. The highest BCUT2D eigenvalue weighted by atomic mass is 35.5. The van der Waals surface area contributed by atoms with Crippen LogP contribution in [0.5, 0.6) is 0 Å². The minimum atomic E-state index is 0.629. The first-order valence-corrected chi connectivity index (χ1v) is 9.06. The predicted octanol–water partition coefficient (Wildman–Crippen LogP) is 6.50. The molecule has 1 fully saturated rings. The minimum absolute atomic E-state index is 0.629. The Bertz CT molecular complexity index is 343. The molecule has 0 nitrogen and oxygen atoms in total. The minimum Gasteiger partial charge on any atom is -0.122 e. The first-order chi connectivity index (χ1) is 9.88. The first-order valence-electron chi connectivity index (χ1n) is 8.52. The van der Waals surface area contributed by atoms with Crippen LogP contribution in [0.2, 0.25) is 0 Å². The molecule has 0 bridgehead atoms. The van der Waals surface area contributed by atoms with E-state index in [0.717, 1.165) is 5.92 Å².